The zero-order valence-corrected chi connectivity index (χ0v) is 19.8. The van der Waals surface area contributed by atoms with E-state index in [4.69, 9.17) is 27.9 Å². The molecule has 12 heteroatoms. The zero-order valence-electron chi connectivity index (χ0n) is 17.5. The van der Waals surface area contributed by atoms with Gasteiger partial charge in [0.05, 0.1) is 16.3 Å². The molecule has 1 unspecified atom stereocenters. The number of rotatable bonds is 8. The highest BCUT2D eigenvalue weighted by Gasteiger charge is 2.30. The van der Waals surface area contributed by atoms with Gasteiger partial charge in [-0.25, -0.2) is 0 Å². The van der Waals surface area contributed by atoms with Crippen LogP contribution in [0.25, 0.3) is 0 Å². The van der Waals surface area contributed by atoms with Crippen molar-refractivity contribution in [3.8, 4) is 5.75 Å². The van der Waals surface area contributed by atoms with Crippen LogP contribution >= 0.6 is 35.0 Å². The lowest BCUT2D eigenvalue weighted by Gasteiger charge is -2.16. The van der Waals surface area contributed by atoms with E-state index in [2.05, 4.69) is 15.5 Å². The van der Waals surface area contributed by atoms with Crippen LogP contribution in [0.2, 0.25) is 10.0 Å². The van der Waals surface area contributed by atoms with Gasteiger partial charge in [0.1, 0.15) is 5.75 Å². The van der Waals surface area contributed by atoms with Crippen molar-refractivity contribution in [3.05, 3.63) is 63.9 Å². The van der Waals surface area contributed by atoms with E-state index >= 15 is 0 Å². The highest BCUT2D eigenvalue weighted by Crippen LogP contribution is 2.33. The first-order chi connectivity index (χ1) is 15.6. The summed E-state index contributed by atoms with van der Waals surface area (Å²) in [6, 6.07) is 9.32. The standard InChI is InChI=1S/C21H19Cl2F3N4O2S/c1-3-30-19(12(2)32-17-10-14(22)7-8-16(17)23)28-29-20(30)33-11-18(31)27-15-6-4-5-13(9-15)21(24,25)26/h4-10,12H,3,11H2,1-2H3,(H,27,31). The molecule has 0 aliphatic heterocycles. The normalized spacial score (nSPS) is 12.5. The third-order valence-corrected chi connectivity index (χ3v) is 5.94. The maximum absolute atomic E-state index is 12.8. The highest BCUT2D eigenvalue weighted by molar-refractivity contribution is 7.99. The van der Waals surface area contributed by atoms with Crippen LogP contribution in [-0.2, 0) is 17.5 Å². The van der Waals surface area contributed by atoms with E-state index in [-0.39, 0.29) is 11.4 Å². The molecular weight excluding hydrogens is 500 g/mol. The summed E-state index contributed by atoms with van der Waals surface area (Å²) in [5.74, 6) is 0.386. The molecule has 0 fully saturated rings. The van der Waals surface area contributed by atoms with Crippen LogP contribution in [0.3, 0.4) is 0 Å². The van der Waals surface area contributed by atoms with Crippen molar-refractivity contribution < 1.29 is 22.7 Å². The van der Waals surface area contributed by atoms with E-state index in [0.29, 0.717) is 33.3 Å². The van der Waals surface area contributed by atoms with Crippen molar-refractivity contribution in [1.29, 1.82) is 0 Å². The number of aromatic nitrogens is 3. The minimum absolute atomic E-state index is 0.0634. The topological polar surface area (TPSA) is 69.0 Å². The number of ether oxygens (including phenoxy) is 1. The summed E-state index contributed by atoms with van der Waals surface area (Å²) in [6.45, 7) is 4.18. The number of hydrogen-bond acceptors (Lipinski definition) is 5. The quantitative estimate of drug-likeness (QED) is 0.345. The summed E-state index contributed by atoms with van der Waals surface area (Å²) in [5.41, 5.74) is -0.773. The van der Waals surface area contributed by atoms with Crippen molar-refractivity contribution in [3.63, 3.8) is 0 Å². The Morgan fingerprint density at radius 2 is 1.97 bits per heavy atom. The van der Waals surface area contributed by atoms with E-state index in [1.165, 1.54) is 12.1 Å². The van der Waals surface area contributed by atoms with E-state index in [9.17, 15) is 18.0 Å². The summed E-state index contributed by atoms with van der Waals surface area (Å²) in [4.78, 5) is 12.3. The molecular formula is C21H19Cl2F3N4O2S. The molecule has 1 heterocycles. The van der Waals surface area contributed by atoms with E-state index in [0.717, 1.165) is 23.9 Å². The Labute approximate surface area is 202 Å². The average Bonchev–Trinajstić information content (AvgIpc) is 3.17. The van der Waals surface area contributed by atoms with Gasteiger partial charge in [-0.3, -0.25) is 4.79 Å². The highest BCUT2D eigenvalue weighted by atomic mass is 35.5. The summed E-state index contributed by atoms with van der Waals surface area (Å²) < 4.78 is 46.2. The number of nitrogens with one attached hydrogen (secondary N) is 1. The summed E-state index contributed by atoms with van der Waals surface area (Å²) in [7, 11) is 0. The minimum atomic E-state index is -4.49. The maximum atomic E-state index is 12.8. The van der Waals surface area contributed by atoms with Crippen molar-refractivity contribution in [1.82, 2.24) is 14.8 Å². The molecule has 0 saturated heterocycles. The predicted molar refractivity (Wildman–Crippen MR) is 122 cm³/mol. The van der Waals surface area contributed by atoms with Crippen LogP contribution in [0.15, 0.2) is 47.6 Å². The Balaban J connectivity index is 1.65. The number of anilines is 1. The molecule has 1 atom stereocenters. The van der Waals surface area contributed by atoms with E-state index in [1.807, 2.05) is 6.92 Å². The van der Waals surface area contributed by atoms with Crippen molar-refractivity contribution in [2.45, 2.75) is 37.8 Å². The van der Waals surface area contributed by atoms with Crippen LogP contribution in [-0.4, -0.2) is 26.4 Å². The van der Waals surface area contributed by atoms with Crippen molar-refractivity contribution in [2.24, 2.45) is 0 Å². The van der Waals surface area contributed by atoms with Crippen LogP contribution in [0, 0.1) is 0 Å². The average molecular weight is 519 g/mol. The van der Waals surface area contributed by atoms with Gasteiger partial charge in [0.25, 0.3) is 0 Å². The van der Waals surface area contributed by atoms with Gasteiger partial charge in [0.15, 0.2) is 17.1 Å². The van der Waals surface area contributed by atoms with Gasteiger partial charge in [-0.05, 0) is 44.2 Å². The molecule has 0 radical (unpaired) electrons. The molecule has 3 aromatic rings. The lowest BCUT2D eigenvalue weighted by molar-refractivity contribution is -0.137. The predicted octanol–water partition coefficient (Wildman–Crippen LogP) is 6.49. The number of nitrogens with zero attached hydrogens (tertiary/aromatic N) is 3. The van der Waals surface area contributed by atoms with Crippen LogP contribution in [0.1, 0.15) is 31.3 Å². The van der Waals surface area contributed by atoms with Gasteiger partial charge >= 0.3 is 6.18 Å². The first-order valence-electron chi connectivity index (χ1n) is 9.73. The number of carbonyl (C=O) groups excluding carboxylic acids is 1. The van der Waals surface area contributed by atoms with Gasteiger partial charge in [0, 0.05) is 23.3 Å². The molecule has 0 spiro atoms. The van der Waals surface area contributed by atoms with E-state index in [1.54, 1.807) is 29.7 Å². The third-order valence-electron chi connectivity index (χ3n) is 4.43. The Morgan fingerprint density at radius 1 is 1.21 bits per heavy atom. The monoisotopic (exact) mass is 518 g/mol. The maximum Gasteiger partial charge on any atom is 0.416 e. The van der Waals surface area contributed by atoms with Gasteiger partial charge in [-0.2, -0.15) is 13.2 Å². The molecule has 6 nitrogen and oxygen atoms in total. The number of amides is 1. The molecule has 0 aliphatic rings. The first kappa shape index (κ1) is 25.2. The zero-order chi connectivity index (χ0) is 24.2. The number of hydrogen-bond donors (Lipinski definition) is 1. The van der Waals surface area contributed by atoms with Gasteiger partial charge in [-0.15, -0.1) is 10.2 Å². The fourth-order valence-corrected chi connectivity index (χ4v) is 4.05. The summed E-state index contributed by atoms with van der Waals surface area (Å²) in [6.07, 6.45) is -5.00. The number of halogens is 5. The lowest BCUT2D eigenvalue weighted by atomic mass is 10.2. The molecule has 33 heavy (non-hydrogen) atoms. The third kappa shape index (κ3) is 6.55. The smallest absolute Gasteiger partial charge is 0.416 e. The summed E-state index contributed by atoms with van der Waals surface area (Å²) in [5, 5.41) is 12.1. The molecule has 0 aliphatic carbocycles. The number of thioether (sulfide) groups is 1. The molecule has 2 aromatic carbocycles. The molecule has 1 aromatic heterocycles. The van der Waals surface area contributed by atoms with E-state index < -0.39 is 23.8 Å². The Morgan fingerprint density at radius 3 is 2.67 bits per heavy atom. The lowest BCUT2D eigenvalue weighted by Crippen LogP contribution is -2.16. The fraction of sp³-hybridized carbons (Fsp3) is 0.286. The molecule has 0 saturated carbocycles. The molecule has 1 N–H and O–H groups in total. The van der Waals surface area contributed by atoms with Crippen LogP contribution in [0.4, 0.5) is 18.9 Å². The Bertz CT molecular complexity index is 1140. The number of carbonyl (C=O) groups is 1. The van der Waals surface area contributed by atoms with Crippen molar-refractivity contribution in [2.75, 3.05) is 11.1 Å². The molecule has 176 valence electrons. The van der Waals surface area contributed by atoms with Crippen LogP contribution in [0.5, 0.6) is 5.75 Å². The SMILES string of the molecule is CCn1c(SCC(=O)Nc2cccc(C(F)(F)F)c2)nnc1C(C)Oc1cc(Cl)ccc1Cl. The molecule has 3 rings (SSSR count). The van der Waals surface area contributed by atoms with Gasteiger partial charge < -0.3 is 14.6 Å². The minimum Gasteiger partial charge on any atom is -0.481 e. The Kier molecular flexibility index (Phi) is 8.14. The fourth-order valence-electron chi connectivity index (χ4n) is 2.92. The van der Waals surface area contributed by atoms with Gasteiger partial charge in [0.2, 0.25) is 5.91 Å². The second-order valence-electron chi connectivity index (χ2n) is 6.84. The molecule has 0 bridgehead atoms. The Hall–Kier alpha value is -2.43. The first-order valence-corrected chi connectivity index (χ1v) is 11.5. The molecule has 1 amide bonds. The number of benzene rings is 2. The second-order valence-corrected chi connectivity index (χ2v) is 8.62. The van der Waals surface area contributed by atoms with Crippen LogP contribution < -0.4 is 10.1 Å². The summed E-state index contributed by atoms with van der Waals surface area (Å²) >= 11 is 13.3. The number of alkyl halides is 3. The van der Waals surface area contributed by atoms with Crippen molar-refractivity contribution >= 4 is 46.6 Å². The second kappa shape index (κ2) is 10.7. The van der Waals surface area contributed by atoms with Gasteiger partial charge in [-0.1, -0.05) is 41.0 Å². The largest absolute Gasteiger partial charge is 0.481 e.